The number of anilines is 1. The van der Waals surface area contributed by atoms with Crippen LogP contribution in [0.2, 0.25) is 0 Å². The molecule has 1 aliphatic heterocycles. The first kappa shape index (κ1) is 23.8. The molecule has 1 N–H and O–H groups in total. The predicted molar refractivity (Wildman–Crippen MR) is 135 cm³/mol. The molecular formula is C23H30N6O2S2. The van der Waals surface area contributed by atoms with Crippen molar-refractivity contribution in [3.8, 4) is 0 Å². The van der Waals surface area contributed by atoms with Gasteiger partial charge in [0.2, 0.25) is 5.91 Å². The van der Waals surface area contributed by atoms with Crippen LogP contribution in [0.1, 0.15) is 19.4 Å². The second-order valence-electron chi connectivity index (χ2n) is 8.03. The molecule has 176 valence electrons. The van der Waals surface area contributed by atoms with Gasteiger partial charge in [-0.25, -0.2) is 14.6 Å². The molecule has 2 aromatic heterocycles. The molecule has 4 rings (SSSR count). The third-order valence-corrected chi connectivity index (χ3v) is 6.97. The summed E-state index contributed by atoms with van der Waals surface area (Å²) in [6.07, 6.45) is 1.83. The van der Waals surface area contributed by atoms with Crippen LogP contribution in [0.4, 0.5) is 5.82 Å². The van der Waals surface area contributed by atoms with Crippen molar-refractivity contribution in [2.75, 3.05) is 43.5 Å². The van der Waals surface area contributed by atoms with Gasteiger partial charge in [0.25, 0.3) is 0 Å². The number of thioether (sulfide) groups is 2. The number of hydrogen-bond donors (Lipinski definition) is 1. The van der Waals surface area contributed by atoms with Gasteiger partial charge in [-0.1, -0.05) is 55.9 Å². The summed E-state index contributed by atoms with van der Waals surface area (Å²) in [5.41, 5.74) is 2.03. The maximum absolute atomic E-state index is 12.3. The van der Waals surface area contributed by atoms with E-state index in [1.165, 1.54) is 5.56 Å². The first-order valence-corrected chi connectivity index (χ1v) is 13.2. The lowest BCUT2D eigenvalue weighted by atomic mass is 10.2. The van der Waals surface area contributed by atoms with Crippen molar-refractivity contribution in [2.45, 2.75) is 36.6 Å². The number of nitrogens with one attached hydrogen (secondary N) is 1. The minimum absolute atomic E-state index is 0.0343. The summed E-state index contributed by atoms with van der Waals surface area (Å²) in [7, 11) is 0. The zero-order chi connectivity index (χ0) is 23.0. The van der Waals surface area contributed by atoms with E-state index in [1.54, 1.807) is 23.5 Å². The van der Waals surface area contributed by atoms with Gasteiger partial charge in [-0.15, -0.1) is 11.8 Å². The van der Waals surface area contributed by atoms with Crippen LogP contribution in [0.3, 0.4) is 0 Å². The Morgan fingerprint density at radius 2 is 1.97 bits per heavy atom. The van der Waals surface area contributed by atoms with Gasteiger partial charge >= 0.3 is 0 Å². The molecule has 1 fully saturated rings. The molecular weight excluding hydrogens is 456 g/mol. The number of carbonyl (C=O) groups excluding carboxylic acids is 1. The Kier molecular flexibility index (Phi) is 8.46. The van der Waals surface area contributed by atoms with Gasteiger partial charge < -0.3 is 15.0 Å². The Labute approximate surface area is 202 Å². The van der Waals surface area contributed by atoms with Crippen LogP contribution >= 0.6 is 23.5 Å². The summed E-state index contributed by atoms with van der Waals surface area (Å²) in [6.45, 7) is 8.33. The number of hydrogen-bond acceptors (Lipinski definition) is 8. The minimum atomic E-state index is 0.0343. The van der Waals surface area contributed by atoms with Gasteiger partial charge in [-0.2, -0.15) is 5.10 Å². The Balaban J connectivity index is 1.38. The van der Waals surface area contributed by atoms with Crippen LogP contribution in [0.5, 0.6) is 0 Å². The highest BCUT2D eigenvalue weighted by molar-refractivity contribution is 7.99. The molecule has 0 saturated carbocycles. The summed E-state index contributed by atoms with van der Waals surface area (Å²) in [6, 6.07) is 10.2. The third-order valence-electron chi connectivity index (χ3n) is 5.10. The molecule has 0 bridgehead atoms. The van der Waals surface area contributed by atoms with E-state index in [1.807, 2.05) is 29.1 Å². The van der Waals surface area contributed by atoms with Crippen LogP contribution < -0.4 is 10.2 Å². The van der Waals surface area contributed by atoms with Crippen molar-refractivity contribution in [1.82, 2.24) is 25.1 Å². The van der Waals surface area contributed by atoms with Crippen molar-refractivity contribution < 1.29 is 9.53 Å². The van der Waals surface area contributed by atoms with Crippen LogP contribution in [0.25, 0.3) is 11.0 Å². The summed E-state index contributed by atoms with van der Waals surface area (Å²) >= 11 is 3.26. The standard InChI is InChI=1S/C23H30N6O2S2/c1-17(2)33-23-26-21(28-10-12-31-13-11-28)19-14-25-29(22(19)27-23)9-8-24-20(30)16-32-15-18-6-4-3-5-7-18/h3-7,14,17H,8-13,15-16H2,1-2H3,(H,24,30). The van der Waals surface area contributed by atoms with E-state index in [0.29, 0.717) is 37.3 Å². The van der Waals surface area contributed by atoms with E-state index < -0.39 is 0 Å². The average Bonchev–Trinajstić information content (AvgIpc) is 3.22. The molecule has 1 amide bonds. The normalized spacial score (nSPS) is 14.2. The van der Waals surface area contributed by atoms with Gasteiger partial charge in [0.1, 0.15) is 5.82 Å². The second kappa shape index (κ2) is 11.7. The first-order valence-electron chi connectivity index (χ1n) is 11.2. The number of nitrogens with zero attached hydrogens (tertiary/aromatic N) is 5. The highest BCUT2D eigenvalue weighted by Gasteiger charge is 2.20. The zero-order valence-electron chi connectivity index (χ0n) is 19.1. The predicted octanol–water partition coefficient (Wildman–Crippen LogP) is 3.21. The van der Waals surface area contributed by atoms with E-state index in [9.17, 15) is 4.79 Å². The molecule has 3 heterocycles. The largest absolute Gasteiger partial charge is 0.378 e. The molecule has 0 spiro atoms. The summed E-state index contributed by atoms with van der Waals surface area (Å²) in [4.78, 5) is 24.1. The van der Waals surface area contributed by atoms with Crippen LogP contribution in [-0.2, 0) is 21.8 Å². The fourth-order valence-electron chi connectivity index (χ4n) is 3.55. The van der Waals surface area contributed by atoms with Gasteiger partial charge in [-0.3, -0.25) is 4.79 Å². The molecule has 1 aliphatic rings. The molecule has 3 aromatic rings. The van der Waals surface area contributed by atoms with Crippen LogP contribution in [0, 0.1) is 0 Å². The lowest BCUT2D eigenvalue weighted by Gasteiger charge is -2.28. The fourth-order valence-corrected chi connectivity index (χ4v) is 5.07. The number of ether oxygens (including phenoxy) is 1. The van der Waals surface area contributed by atoms with E-state index in [2.05, 4.69) is 41.3 Å². The molecule has 33 heavy (non-hydrogen) atoms. The van der Waals surface area contributed by atoms with Gasteiger partial charge in [0.05, 0.1) is 37.1 Å². The van der Waals surface area contributed by atoms with E-state index in [-0.39, 0.29) is 5.91 Å². The third kappa shape index (κ3) is 6.61. The lowest BCUT2D eigenvalue weighted by Crippen LogP contribution is -2.37. The summed E-state index contributed by atoms with van der Waals surface area (Å²) < 4.78 is 7.37. The van der Waals surface area contributed by atoms with Crippen LogP contribution in [0.15, 0.2) is 41.7 Å². The molecule has 0 aliphatic carbocycles. The molecule has 1 saturated heterocycles. The number of morpholine rings is 1. The van der Waals surface area contributed by atoms with Crippen molar-refractivity contribution in [1.29, 1.82) is 0 Å². The topological polar surface area (TPSA) is 85.2 Å². The molecule has 1 aromatic carbocycles. The van der Waals surface area contributed by atoms with Gasteiger partial charge in [0.15, 0.2) is 10.8 Å². The number of carbonyl (C=O) groups is 1. The van der Waals surface area contributed by atoms with Gasteiger partial charge in [-0.05, 0) is 5.56 Å². The molecule has 0 radical (unpaired) electrons. The molecule has 8 nitrogen and oxygen atoms in total. The number of amides is 1. The molecule has 0 unspecified atom stereocenters. The Morgan fingerprint density at radius 1 is 1.18 bits per heavy atom. The Morgan fingerprint density at radius 3 is 2.73 bits per heavy atom. The number of fused-ring (bicyclic) bond motifs is 1. The monoisotopic (exact) mass is 486 g/mol. The highest BCUT2D eigenvalue weighted by Crippen LogP contribution is 2.29. The Bertz CT molecular complexity index is 1050. The van der Waals surface area contributed by atoms with Crippen molar-refractivity contribution >= 4 is 46.3 Å². The van der Waals surface area contributed by atoms with E-state index >= 15 is 0 Å². The van der Waals surface area contributed by atoms with E-state index in [0.717, 1.165) is 40.9 Å². The minimum Gasteiger partial charge on any atom is -0.378 e. The summed E-state index contributed by atoms with van der Waals surface area (Å²) in [5, 5.41) is 9.63. The number of rotatable bonds is 10. The lowest BCUT2D eigenvalue weighted by molar-refractivity contribution is -0.118. The zero-order valence-corrected chi connectivity index (χ0v) is 20.7. The van der Waals surface area contributed by atoms with Gasteiger partial charge in [0, 0.05) is 30.6 Å². The van der Waals surface area contributed by atoms with Crippen LogP contribution in [-0.4, -0.2) is 69.5 Å². The number of aromatic nitrogens is 4. The molecule has 0 atom stereocenters. The van der Waals surface area contributed by atoms with Crippen molar-refractivity contribution in [3.05, 3.63) is 42.1 Å². The SMILES string of the molecule is CC(C)Sc1nc(N2CCOCC2)c2cnn(CCNC(=O)CSCc3ccccc3)c2n1. The summed E-state index contributed by atoms with van der Waals surface area (Å²) in [5.74, 6) is 2.22. The van der Waals surface area contributed by atoms with E-state index in [4.69, 9.17) is 14.7 Å². The fraction of sp³-hybridized carbons (Fsp3) is 0.478. The number of benzene rings is 1. The van der Waals surface area contributed by atoms with Crippen molar-refractivity contribution in [3.63, 3.8) is 0 Å². The highest BCUT2D eigenvalue weighted by atomic mass is 32.2. The second-order valence-corrected chi connectivity index (χ2v) is 10.6. The quantitative estimate of drug-likeness (QED) is 0.345. The average molecular weight is 487 g/mol. The smallest absolute Gasteiger partial charge is 0.230 e. The van der Waals surface area contributed by atoms with Crippen molar-refractivity contribution in [2.24, 2.45) is 0 Å². The Hall–Kier alpha value is -2.30. The molecule has 10 heteroatoms. The maximum atomic E-state index is 12.3. The maximum Gasteiger partial charge on any atom is 0.230 e. The first-order chi connectivity index (χ1) is 16.1.